The zero-order valence-electron chi connectivity index (χ0n) is 15.7. The van der Waals surface area contributed by atoms with Crippen molar-refractivity contribution >= 4 is 17.7 Å². The lowest BCUT2D eigenvalue weighted by atomic mass is 10.1. The first-order chi connectivity index (χ1) is 13.8. The number of carbonyl (C=O) groups excluding carboxylic acids is 1. The van der Waals surface area contributed by atoms with Crippen LogP contribution in [0, 0.1) is 0 Å². The summed E-state index contributed by atoms with van der Waals surface area (Å²) >= 11 is 1.43. The molecule has 7 nitrogen and oxygen atoms in total. The van der Waals surface area contributed by atoms with Gasteiger partial charge in [0, 0.05) is 19.6 Å². The van der Waals surface area contributed by atoms with Crippen LogP contribution in [0.5, 0.6) is 0 Å². The van der Waals surface area contributed by atoms with Crippen molar-refractivity contribution < 1.29 is 13.9 Å². The van der Waals surface area contributed by atoms with Gasteiger partial charge in [-0.25, -0.2) is 0 Å². The van der Waals surface area contributed by atoms with Crippen molar-refractivity contribution in [1.29, 1.82) is 0 Å². The van der Waals surface area contributed by atoms with E-state index in [0.29, 0.717) is 49.6 Å². The zero-order chi connectivity index (χ0) is 19.3. The summed E-state index contributed by atoms with van der Waals surface area (Å²) < 4.78 is 12.9. The highest BCUT2D eigenvalue weighted by Crippen LogP contribution is 2.37. The van der Waals surface area contributed by atoms with Crippen LogP contribution < -0.4 is 0 Å². The van der Waals surface area contributed by atoms with Crippen molar-refractivity contribution in [2.24, 2.45) is 0 Å². The van der Waals surface area contributed by atoms with Gasteiger partial charge in [-0.15, -0.1) is 10.2 Å². The predicted octanol–water partition coefficient (Wildman–Crippen LogP) is 3.25. The number of ether oxygens (including phenoxy) is 1. The van der Waals surface area contributed by atoms with Crippen molar-refractivity contribution in [2.45, 2.75) is 23.9 Å². The molecule has 0 aliphatic carbocycles. The molecule has 1 atom stereocenters. The van der Waals surface area contributed by atoms with Gasteiger partial charge in [0.25, 0.3) is 0 Å². The molecule has 1 saturated heterocycles. The van der Waals surface area contributed by atoms with Gasteiger partial charge in [-0.3, -0.25) is 9.36 Å². The van der Waals surface area contributed by atoms with Crippen LogP contribution >= 0.6 is 11.8 Å². The summed E-state index contributed by atoms with van der Waals surface area (Å²) in [4.78, 5) is 15.2. The fourth-order valence-electron chi connectivity index (χ4n) is 3.19. The average Bonchev–Trinajstić information content (AvgIpc) is 3.42. The summed E-state index contributed by atoms with van der Waals surface area (Å²) in [6.07, 6.45) is 1.62. The molecular formula is C20H22N4O3S. The minimum atomic E-state index is -0.391. The van der Waals surface area contributed by atoms with Crippen molar-refractivity contribution in [2.75, 3.05) is 26.3 Å². The lowest BCUT2D eigenvalue weighted by Gasteiger charge is -2.30. The molecule has 1 fully saturated rings. The number of hydrogen-bond donors (Lipinski definition) is 0. The van der Waals surface area contributed by atoms with E-state index in [0.717, 1.165) is 5.56 Å². The molecule has 8 heteroatoms. The van der Waals surface area contributed by atoms with Crippen LogP contribution in [-0.4, -0.2) is 51.9 Å². The summed E-state index contributed by atoms with van der Waals surface area (Å²) in [5.74, 6) is 1.40. The van der Waals surface area contributed by atoms with E-state index >= 15 is 0 Å². The van der Waals surface area contributed by atoms with Gasteiger partial charge in [-0.05, 0) is 24.6 Å². The highest BCUT2D eigenvalue weighted by Gasteiger charge is 2.30. The van der Waals surface area contributed by atoms with E-state index in [-0.39, 0.29) is 5.91 Å². The number of thioether (sulfide) groups is 1. The lowest BCUT2D eigenvalue weighted by Crippen LogP contribution is -2.42. The Labute approximate surface area is 167 Å². The molecule has 0 radical (unpaired) electrons. The largest absolute Gasteiger partial charge is 0.461 e. The smallest absolute Gasteiger partial charge is 0.240 e. The third-order valence-electron chi connectivity index (χ3n) is 4.65. The molecule has 146 valence electrons. The fourth-order valence-corrected chi connectivity index (χ4v) is 4.38. The number of benzene rings is 1. The van der Waals surface area contributed by atoms with Crippen LogP contribution in [0.2, 0.25) is 0 Å². The first-order valence-electron chi connectivity index (χ1n) is 9.33. The molecule has 1 aromatic carbocycles. The molecule has 4 rings (SSSR count). The highest BCUT2D eigenvalue weighted by atomic mass is 32.2. The summed E-state index contributed by atoms with van der Waals surface area (Å²) in [6, 6.07) is 13.5. The summed E-state index contributed by atoms with van der Waals surface area (Å²) in [5, 5.41) is 8.97. The molecule has 0 unspecified atom stereocenters. The van der Waals surface area contributed by atoms with Crippen LogP contribution in [0.25, 0.3) is 11.6 Å². The van der Waals surface area contributed by atoms with Gasteiger partial charge < -0.3 is 14.1 Å². The predicted molar refractivity (Wildman–Crippen MR) is 106 cm³/mol. The Kier molecular flexibility index (Phi) is 5.78. The third kappa shape index (κ3) is 3.83. The molecular weight excluding hydrogens is 376 g/mol. The molecule has 1 aliphatic rings. The number of amides is 1. The number of nitrogens with zero attached hydrogens (tertiary/aromatic N) is 4. The number of rotatable bonds is 6. The Morgan fingerprint density at radius 2 is 1.93 bits per heavy atom. The maximum Gasteiger partial charge on any atom is 0.240 e. The maximum atomic E-state index is 13.3. The first-order valence-corrected chi connectivity index (χ1v) is 10.2. The second-order valence-corrected chi connectivity index (χ2v) is 7.45. The van der Waals surface area contributed by atoms with Crippen LogP contribution in [0.3, 0.4) is 0 Å². The van der Waals surface area contributed by atoms with Gasteiger partial charge in [0.15, 0.2) is 16.7 Å². The summed E-state index contributed by atoms with van der Waals surface area (Å²) in [6.45, 7) is 5.08. The quantitative estimate of drug-likeness (QED) is 0.594. The Hall–Kier alpha value is -2.58. The Morgan fingerprint density at radius 3 is 2.61 bits per heavy atom. The minimum Gasteiger partial charge on any atom is -0.461 e. The molecule has 0 saturated carbocycles. The van der Waals surface area contributed by atoms with Gasteiger partial charge >= 0.3 is 0 Å². The van der Waals surface area contributed by atoms with Crippen molar-refractivity contribution in [3.63, 3.8) is 0 Å². The van der Waals surface area contributed by atoms with E-state index in [4.69, 9.17) is 9.15 Å². The number of hydrogen-bond acceptors (Lipinski definition) is 6. The normalized spacial score (nSPS) is 15.5. The molecule has 3 heterocycles. The van der Waals surface area contributed by atoms with Gasteiger partial charge in [0.1, 0.15) is 5.25 Å². The Bertz CT molecular complexity index is 905. The first kappa shape index (κ1) is 18.8. The molecule has 1 aliphatic heterocycles. The molecule has 2 aromatic heterocycles. The number of furan rings is 1. The number of morpholine rings is 1. The summed E-state index contributed by atoms with van der Waals surface area (Å²) in [5.41, 5.74) is 0.953. The van der Waals surface area contributed by atoms with Gasteiger partial charge in [-0.2, -0.15) is 0 Å². The molecule has 0 spiro atoms. The van der Waals surface area contributed by atoms with Crippen molar-refractivity contribution in [3.05, 3.63) is 54.3 Å². The maximum absolute atomic E-state index is 13.3. The number of carbonyl (C=O) groups is 1. The van der Waals surface area contributed by atoms with E-state index < -0.39 is 5.25 Å². The lowest BCUT2D eigenvalue weighted by molar-refractivity contribution is -0.134. The van der Waals surface area contributed by atoms with Crippen LogP contribution in [0.4, 0.5) is 0 Å². The molecule has 3 aromatic rings. The second kappa shape index (κ2) is 8.62. The van der Waals surface area contributed by atoms with Crippen LogP contribution in [0.15, 0.2) is 58.3 Å². The Morgan fingerprint density at radius 1 is 1.14 bits per heavy atom. The SMILES string of the molecule is CCn1c(S[C@@H](C(=O)N2CCOCC2)c2ccccc2)nnc1-c1ccco1. The molecule has 28 heavy (non-hydrogen) atoms. The highest BCUT2D eigenvalue weighted by molar-refractivity contribution is 8.00. The van der Waals surface area contributed by atoms with Crippen LogP contribution in [0.1, 0.15) is 17.7 Å². The van der Waals surface area contributed by atoms with Crippen molar-refractivity contribution in [3.8, 4) is 11.6 Å². The topological polar surface area (TPSA) is 73.4 Å². The van der Waals surface area contributed by atoms with Crippen LogP contribution in [-0.2, 0) is 16.1 Å². The van der Waals surface area contributed by atoms with E-state index in [1.807, 2.05) is 58.9 Å². The average molecular weight is 398 g/mol. The number of aromatic nitrogens is 3. The molecule has 0 bridgehead atoms. The Balaban J connectivity index is 1.65. The van der Waals surface area contributed by atoms with Gasteiger partial charge in [0.05, 0.1) is 19.5 Å². The third-order valence-corrected chi connectivity index (χ3v) is 5.87. The minimum absolute atomic E-state index is 0.0738. The van der Waals surface area contributed by atoms with E-state index in [9.17, 15) is 4.79 Å². The second-order valence-electron chi connectivity index (χ2n) is 6.37. The molecule has 1 amide bonds. The van der Waals surface area contributed by atoms with Crippen molar-refractivity contribution in [1.82, 2.24) is 19.7 Å². The van der Waals surface area contributed by atoms with Gasteiger partial charge in [0.2, 0.25) is 5.91 Å². The standard InChI is InChI=1S/C20H22N4O3S/c1-2-24-18(16-9-6-12-27-16)21-22-20(24)28-17(15-7-4-3-5-8-15)19(25)23-10-13-26-14-11-23/h3-9,12,17H,2,10-11,13-14H2,1H3/t17-/m1/s1. The van der Waals surface area contributed by atoms with Gasteiger partial charge in [-0.1, -0.05) is 42.1 Å². The molecule has 0 N–H and O–H groups in total. The zero-order valence-corrected chi connectivity index (χ0v) is 16.5. The summed E-state index contributed by atoms with van der Waals surface area (Å²) in [7, 11) is 0. The monoisotopic (exact) mass is 398 g/mol. The van der Waals surface area contributed by atoms with E-state index in [1.54, 1.807) is 6.26 Å². The van der Waals surface area contributed by atoms with E-state index in [1.165, 1.54) is 11.8 Å². The fraction of sp³-hybridized carbons (Fsp3) is 0.350. The van der Waals surface area contributed by atoms with E-state index in [2.05, 4.69) is 10.2 Å².